The predicted molar refractivity (Wildman–Crippen MR) is 45.5 cm³/mol. The molecule has 0 amide bonds. The maximum Gasteiger partial charge on any atom is 0.156 e. The minimum atomic E-state index is 0.157. The third kappa shape index (κ3) is 2.85. The minimum absolute atomic E-state index is 0.157. The van der Waals surface area contributed by atoms with Crippen LogP contribution in [-0.4, -0.2) is 18.4 Å². The Kier molecular flexibility index (Phi) is 3.30. The summed E-state index contributed by atoms with van der Waals surface area (Å²) in [6, 6.07) is 0.411. The average Bonchev–Trinajstić information content (AvgIpc) is 2.06. The van der Waals surface area contributed by atoms with Crippen molar-refractivity contribution in [2.75, 3.05) is 6.54 Å². The maximum atomic E-state index is 10.9. The monoisotopic (exact) mass is 153 g/mol. The van der Waals surface area contributed by atoms with Gasteiger partial charge in [0.05, 0.1) is 0 Å². The van der Waals surface area contributed by atoms with Gasteiger partial charge in [0.1, 0.15) is 0 Å². The normalized spacial score (nSPS) is 24.5. The molecule has 0 aliphatic carbocycles. The van der Waals surface area contributed by atoms with Gasteiger partial charge in [-0.15, -0.1) is 0 Å². The molecule has 62 valence electrons. The van der Waals surface area contributed by atoms with Crippen molar-refractivity contribution in [3.8, 4) is 0 Å². The molecule has 1 aliphatic rings. The maximum absolute atomic E-state index is 10.9. The van der Waals surface area contributed by atoms with E-state index < -0.39 is 0 Å². The molecular formula is C9H15NO. The van der Waals surface area contributed by atoms with Crippen LogP contribution >= 0.6 is 0 Å². The molecule has 2 nitrogen and oxygen atoms in total. The minimum Gasteiger partial charge on any atom is -0.314 e. The zero-order valence-electron chi connectivity index (χ0n) is 6.81. The van der Waals surface area contributed by atoms with Gasteiger partial charge in [-0.25, -0.2) is 0 Å². The highest BCUT2D eigenvalue weighted by atomic mass is 16.1. The summed E-state index contributed by atoms with van der Waals surface area (Å²) in [6.45, 7) is 4.51. The molecule has 0 aromatic carbocycles. The van der Waals surface area contributed by atoms with Crippen molar-refractivity contribution < 1.29 is 4.79 Å². The highest BCUT2D eigenvalue weighted by Crippen LogP contribution is 2.10. The van der Waals surface area contributed by atoms with Crippen LogP contribution in [0.3, 0.4) is 0 Å². The van der Waals surface area contributed by atoms with Crippen LogP contribution in [0.4, 0.5) is 0 Å². The first-order valence-electron chi connectivity index (χ1n) is 4.21. The Balaban J connectivity index is 2.24. The van der Waals surface area contributed by atoms with Gasteiger partial charge in [-0.1, -0.05) is 13.0 Å². The van der Waals surface area contributed by atoms with E-state index in [-0.39, 0.29) is 5.78 Å². The van der Waals surface area contributed by atoms with E-state index in [2.05, 4.69) is 11.9 Å². The Morgan fingerprint density at radius 3 is 3.00 bits per heavy atom. The number of nitrogens with one attached hydrogen (secondary N) is 1. The topological polar surface area (TPSA) is 29.1 Å². The molecule has 0 aromatic rings. The third-order valence-corrected chi connectivity index (χ3v) is 2.09. The first kappa shape index (κ1) is 8.47. The molecule has 1 fully saturated rings. The van der Waals surface area contributed by atoms with Gasteiger partial charge in [0.15, 0.2) is 5.78 Å². The molecule has 1 N–H and O–H groups in total. The second kappa shape index (κ2) is 4.29. The quantitative estimate of drug-likeness (QED) is 0.619. The van der Waals surface area contributed by atoms with Gasteiger partial charge in [0.25, 0.3) is 0 Å². The van der Waals surface area contributed by atoms with Crippen molar-refractivity contribution in [1.29, 1.82) is 0 Å². The van der Waals surface area contributed by atoms with Crippen molar-refractivity contribution in [3.05, 3.63) is 12.7 Å². The summed E-state index contributed by atoms with van der Waals surface area (Å²) in [5, 5.41) is 3.32. The first-order chi connectivity index (χ1) is 5.33. The van der Waals surface area contributed by atoms with Crippen LogP contribution in [0.15, 0.2) is 12.7 Å². The summed E-state index contributed by atoms with van der Waals surface area (Å²) in [5.74, 6) is 0.157. The molecule has 0 spiro atoms. The van der Waals surface area contributed by atoms with Gasteiger partial charge in [-0.3, -0.25) is 4.79 Å². The Labute approximate surface area is 67.7 Å². The molecule has 0 aromatic heterocycles. The second-order valence-electron chi connectivity index (χ2n) is 3.02. The average molecular weight is 153 g/mol. The Bertz CT molecular complexity index is 148. The standard InChI is InChI=1S/C9H15NO/c1-2-9(11)7-8-5-3-4-6-10-8/h2,8,10H,1,3-7H2. The fourth-order valence-corrected chi connectivity index (χ4v) is 1.42. The van der Waals surface area contributed by atoms with Crippen LogP contribution in [-0.2, 0) is 4.79 Å². The smallest absolute Gasteiger partial charge is 0.156 e. The van der Waals surface area contributed by atoms with Crippen molar-refractivity contribution in [2.45, 2.75) is 31.7 Å². The molecule has 0 bridgehead atoms. The second-order valence-corrected chi connectivity index (χ2v) is 3.02. The zero-order chi connectivity index (χ0) is 8.10. The lowest BCUT2D eigenvalue weighted by Crippen LogP contribution is -2.35. The van der Waals surface area contributed by atoms with Gasteiger partial charge in [-0.2, -0.15) is 0 Å². The van der Waals surface area contributed by atoms with E-state index in [1.165, 1.54) is 18.9 Å². The molecule has 1 heterocycles. The van der Waals surface area contributed by atoms with Gasteiger partial charge in [-0.05, 0) is 25.5 Å². The van der Waals surface area contributed by atoms with Crippen LogP contribution in [0.1, 0.15) is 25.7 Å². The Morgan fingerprint density at radius 1 is 1.64 bits per heavy atom. The number of carbonyl (C=O) groups excluding carboxylic acids is 1. The van der Waals surface area contributed by atoms with Crippen molar-refractivity contribution in [3.63, 3.8) is 0 Å². The lowest BCUT2D eigenvalue weighted by molar-refractivity contribution is -0.115. The summed E-state index contributed by atoms with van der Waals surface area (Å²) in [4.78, 5) is 10.9. The van der Waals surface area contributed by atoms with Crippen LogP contribution in [0, 0.1) is 0 Å². The largest absolute Gasteiger partial charge is 0.314 e. The molecule has 1 atom stereocenters. The fourth-order valence-electron chi connectivity index (χ4n) is 1.42. The van der Waals surface area contributed by atoms with E-state index in [9.17, 15) is 4.79 Å². The highest BCUT2D eigenvalue weighted by molar-refractivity contribution is 5.89. The number of ketones is 1. The Morgan fingerprint density at radius 2 is 2.45 bits per heavy atom. The van der Waals surface area contributed by atoms with Crippen LogP contribution in [0.5, 0.6) is 0 Å². The number of rotatable bonds is 3. The molecule has 1 rings (SSSR count). The summed E-state index contributed by atoms with van der Waals surface area (Å²) in [6.07, 6.45) is 5.68. The van der Waals surface area contributed by atoms with Gasteiger partial charge in [0, 0.05) is 12.5 Å². The molecule has 1 saturated heterocycles. The fraction of sp³-hybridized carbons (Fsp3) is 0.667. The van der Waals surface area contributed by atoms with E-state index in [1.807, 2.05) is 0 Å². The highest BCUT2D eigenvalue weighted by Gasteiger charge is 2.13. The number of hydrogen-bond donors (Lipinski definition) is 1. The predicted octanol–water partition coefficient (Wildman–Crippen LogP) is 1.27. The first-order valence-corrected chi connectivity index (χ1v) is 4.21. The van der Waals surface area contributed by atoms with Crippen LogP contribution < -0.4 is 5.32 Å². The summed E-state index contributed by atoms with van der Waals surface area (Å²) in [7, 11) is 0. The summed E-state index contributed by atoms with van der Waals surface area (Å²) in [5.41, 5.74) is 0. The lowest BCUT2D eigenvalue weighted by atomic mass is 10.0. The number of hydrogen-bond acceptors (Lipinski definition) is 2. The molecule has 2 heteroatoms. The number of carbonyl (C=O) groups is 1. The molecule has 1 unspecified atom stereocenters. The van der Waals surface area contributed by atoms with Gasteiger partial charge in [0.2, 0.25) is 0 Å². The van der Waals surface area contributed by atoms with Crippen molar-refractivity contribution in [1.82, 2.24) is 5.32 Å². The van der Waals surface area contributed by atoms with Crippen LogP contribution in [0.25, 0.3) is 0 Å². The van der Waals surface area contributed by atoms with E-state index >= 15 is 0 Å². The van der Waals surface area contributed by atoms with E-state index in [0.717, 1.165) is 13.0 Å². The summed E-state index contributed by atoms with van der Waals surface area (Å²) < 4.78 is 0. The van der Waals surface area contributed by atoms with E-state index in [4.69, 9.17) is 0 Å². The SMILES string of the molecule is C=CC(=O)CC1CCCCN1. The van der Waals surface area contributed by atoms with Gasteiger partial charge < -0.3 is 5.32 Å². The van der Waals surface area contributed by atoms with Crippen molar-refractivity contribution in [2.24, 2.45) is 0 Å². The number of piperidine rings is 1. The number of allylic oxidation sites excluding steroid dienone is 1. The molecular weight excluding hydrogens is 138 g/mol. The molecule has 0 saturated carbocycles. The molecule has 0 radical (unpaired) electrons. The lowest BCUT2D eigenvalue weighted by Gasteiger charge is -2.21. The van der Waals surface area contributed by atoms with E-state index in [0.29, 0.717) is 12.5 Å². The molecule has 1 aliphatic heterocycles. The van der Waals surface area contributed by atoms with Crippen molar-refractivity contribution >= 4 is 5.78 Å². The summed E-state index contributed by atoms with van der Waals surface area (Å²) >= 11 is 0. The Hall–Kier alpha value is -0.630. The third-order valence-electron chi connectivity index (χ3n) is 2.09. The van der Waals surface area contributed by atoms with E-state index in [1.54, 1.807) is 0 Å². The molecule has 11 heavy (non-hydrogen) atoms. The van der Waals surface area contributed by atoms with Crippen LogP contribution in [0.2, 0.25) is 0 Å². The zero-order valence-corrected chi connectivity index (χ0v) is 6.81. The van der Waals surface area contributed by atoms with Gasteiger partial charge >= 0.3 is 0 Å².